The summed E-state index contributed by atoms with van der Waals surface area (Å²) in [5.74, 6) is 0.675. The van der Waals surface area contributed by atoms with Crippen LogP contribution in [-0.2, 0) is 0 Å². The van der Waals surface area contributed by atoms with Crippen LogP contribution in [0.3, 0.4) is 0 Å². The van der Waals surface area contributed by atoms with E-state index in [-0.39, 0.29) is 11.4 Å². The molecule has 0 saturated heterocycles. The number of nitrogens with two attached hydrogens (primary N) is 1. The standard InChI is InChI=1S/C10H13F3N2O2/c1-16-8-3-6(14)7(4-9(8)17-2)15-5-10(11,12)13/h3-4,15H,5,14H2,1-2H3. The second-order valence-electron chi connectivity index (χ2n) is 3.26. The second kappa shape index (κ2) is 5.03. The topological polar surface area (TPSA) is 56.5 Å². The summed E-state index contributed by atoms with van der Waals surface area (Å²) in [5.41, 5.74) is 5.90. The average molecular weight is 250 g/mol. The number of ether oxygens (including phenoxy) is 2. The van der Waals surface area contributed by atoms with E-state index in [0.717, 1.165) is 0 Å². The fourth-order valence-corrected chi connectivity index (χ4v) is 1.24. The maximum absolute atomic E-state index is 12.0. The lowest BCUT2D eigenvalue weighted by Crippen LogP contribution is -2.21. The molecule has 17 heavy (non-hydrogen) atoms. The third-order valence-electron chi connectivity index (χ3n) is 2.03. The highest BCUT2D eigenvalue weighted by Crippen LogP contribution is 2.35. The van der Waals surface area contributed by atoms with Crippen molar-refractivity contribution in [1.82, 2.24) is 0 Å². The second-order valence-corrected chi connectivity index (χ2v) is 3.26. The predicted octanol–water partition coefficient (Wildman–Crippen LogP) is 2.26. The van der Waals surface area contributed by atoms with E-state index in [1.54, 1.807) is 0 Å². The lowest BCUT2D eigenvalue weighted by Gasteiger charge is -2.15. The number of halogens is 3. The van der Waals surface area contributed by atoms with Gasteiger partial charge in [0.15, 0.2) is 11.5 Å². The van der Waals surface area contributed by atoms with Crippen molar-refractivity contribution in [3.8, 4) is 11.5 Å². The normalized spacial score (nSPS) is 11.1. The molecule has 0 bridgehead atoms. The minimum atomic E-state index is -4.31. The van der Waals surface area contributed by atoms with Gasteiger partial charge in [-0.1, -0.05) is 0 Å². The minimum absolute atomic E-state index is 0.153. The quantitative estimate of drug-likeness (QED) is 0.805. The number of nitrogens with one attached hydrogen (secondary N) is 1. The van der Waals surface area contributed by atoms with E-state index >= 15 is 0 Å². The zero-order chi connectivity index (χ0) is 13.1. The molecule has 0 heterocycles. The summed E-state index contributed by atoms with van der Waals surface area (Å²) in [6.07, 6.45) is -4.31. The maximum atomic E-state index is 12.0. The van der Waals surface area contributed by atoms with E-state index in [1.165, 1.54) is 26.4 Å². The first-order valence-electron chi connectivity index (χ1n) is 4.69. The highest BCUT2D eigenvalue weighted by Gasteiger charge is 2.27. The smallest absolute Gasteiger partial charge is 0.405 e. The van der Waals surface area contributed by atoms with Gasteiger partial charge in [0.05, 0.1) is 25.6 Å². The number of hydrogen-bond acceptors (Lipinski definition) is 4. The zero-order valence-electron chi connectivity index (χ0n) is 9.39. The number of methoxy groups -OCH3 is 2. The van der Waals surface area contributed by atoms with Gasteiger partial charge >= 0.3 is 6.18 Å². The van der Waals surface area contributed by atoms with Gasteiger partial charge in [-0.2, -0.15) is 13.2 Å². The summed E-state index contributed by atoms with van der Waals surface area (Å²) in [4.78, 5) is 0. The van der Waals surface area contributed by atoms with E-state index in [0.29, 0.717) is 11.5 Å². The van der Waals surface area contributed by atoms with Crippen LogP contribution in [-0.4, -0.2) is 26.9 Å². The number of hydrogen-bond donors (Lipinski definition) is 2. The van der Waals surface area contributed by atoms with Crippen LogP contribution >= 0.6 is 0 Å². The molecule has 0 spiro atoms. The van der Waals surface area contributed by atoms with Crippen LogP contribution in [0.1, 0.15) is 0 Å². The van der Waals surface area contributed by atoms with Crippen LogP contribution in [0.15, 0.2) is 12.1 Å². The van der Waals surface area contributed by atoms with Crippen LogP contribution in [0.4, 0.5) is 24.5 Å². The van der Waals surface area contributed by atoms with Crippen molar-refractivity contribution in [1.29, 1.82) is 0 Å². The summed E-state index contributed by atoms with van der Waals surface area (Å²) in [5, 5.41) is 2.19. The first kappa shape index (κ1) is 13.3. The SMILES string of the molecule is COc1cc(N)c(NCC(F)(F)F)cc1OC. The predicted molar refractivity (Wildman–Crippen MR) is 58.5 cm³/mol. The molecule has 7 heteroatoms. The summed E-state index contributed by atoms with van der Waals surface area (Å²) in [7, 11) is 2.81. The van der Waals surface area contributed by atoms with Gasteiger partial charge in [-0.25, -0.2) is 0 Å². The third-order valence-corrected chi connectivity index (χ3v) is 2.03. The van der Waals surface area contributed by atoms with Gasteiger partial charge in [0.25, 0.3) is 0 Å². The minimum Gasteiger partial charge on any atom is -0.493 e. The Balaban J connectivity index is 2.93. The van der Waals surface area contributed by atoms with Gasteiger partial charge in [0.1, 0.15) is 6.54 Å². The Morgan fingerprint density at radius 3 is 2.18 bits per heavy atom. The first-order valence-corrected chi connectivity index (χ1v) is 4.69. The lowest BCUT2D eigenvalue weighted by atomic mass is 10.2. The van der Waals surface area contributed by atoms with Crippen LogP contribution < -0.4 is 20.5 Å². The van der Waals surface area contributed by atoms with Crippen LogP contribution in [0.2, 0.25) is 0 Å². The molecular formula is C10H13F3N2O2. The monoisotopic (exact) mass is 250 g/mol. The summed E-state index contributed by atoms with van der Waals surface area (Å²) >= 11 is 0. The molecule has 1 aromatic rings. The van der Waals surface area contributed by atoms with Crippen molar-refractivity contribution in [3.63, 3.8) is 0 Å². The first-order chi connectivity index (χ1) is 7.87. The van der Waals surface area contributed by atoms with Crippen molar-refractivity contribution >= 4 is 11.4 Å². The molecule has 0 aliphatic carbocycles. The fourth-order valence-electron chi connectivity index (χ4n) is 1.24. The van der Waals surface area contributed by atoms with E-state index in [9.17, 15) is 13.2 Å². The highest BCUT2D eigenvalue weighted by molar-refractivity contribution is 5.72. The van der Waals surface area contributed by atoms with Gasteiger partial charge in [0.2, 0.25) is 0 Å². The molecule has 0 aliphatic rings. The molecule has 0 amide bonds. The third kappa shape index (κ3) is 3.61. The molecule has 0 unspecified atom stereocenters. The molecule has 0 aliphatic heterocycles. The van der Waals surface area contributed by atoms with Crippen molar-refractivity contribution in [3.05, 3.63) is 12.1 Å². The number of nitrogen functional groups attached to an aromatic ring is 1. The van der Waals surface area contributed by atoms with Crippen LogP contribution in [0.25, 0.3) is 0 Å². The molecule has 96 valence electrons. The lowest BCUT2D eigenvalue weighted by molar-refractivity contribution is -0.115. The van der Waals surface area contributed by atoms with E-state index in [4.69, 9.17) is 15.2 Å². The molecule has 0 aromatic heterocycles. The number of benzene rings is 1. The maximum Gasteiger partial charge on any atom is 0.405 e. The Bertz CT molecular complexity index is 394. The molecule has 0 fully saturated rings. The highest BCUT2D eigenvalue weighted by atomic mass is 19.4. The van der Waals surface area contributed by atoms with Gasteiger partial charge in [-0.05, 0) is 0 Å². The molecule has 1 aromatic carbocycles. The molecule has 4 nitrogen and oxygen atoms in total. The van der Waals surface area contributed by atoms with Crippen LogP contribution in [0, 0.1) is 0 Å². The van der Waals surface area contributed by atoms with Gasteiger partial charge < -0.3 is 20.5 Å². The van der Waals surface area contributed by atoms with Crippen LogP contribution in [0.5, 0.6) is 11.5 Å². The van der Waals surface area contributed by atoms with Crippen molar-refractivity contribution < 1.29 is 22.6 Å². The Labute approximate surface area is 96.5 Å². The summed E-state index contributed by atoms with van der Waals surface area (Å²) < 4.78 is 46.0. The summed E-state index contributed by atoms with van der Waals surface area (Å²) in [6.45, 7) is -1.16. The molecule has 0 atom stereocenters. The molecule has 3 N–H and O–H groups in total. The summed E-state index contributed by atoms with van der Waals surface area (Å²) in [6, 6.07) is 2.76. The molecule has 1 rings (SSSR count). The van der Waals surface area contributed by atoms with Gasteiger partial charge in [0, 0.05) is 12.1 Å². The van der Waals surface area contributed by atoms with Crippen molar-refractivity contribution in [2.24, 2.45) is 0 Å². The number of alkyl halides is 3. The average Bonchev–Trinajstić information content (AvgIpc) is 2.25. The molecule has 0 saturated carbocycles. The Hall–Kier alpha value is -1.79. The largest absolute Gasteiger partial charge is 0.493 e. The van der Waals surface area contributed by atoms with Crippen molar-refractivity contribution in [2.45, 2.75) is 6.18 Å². The van der Waals surface area contributed by atoms with E-state index in [2.05, 4.69) is 5.32 Å². The van der Waals surface area contributed by atoms with Crippen molar-refractivity contribution in [2.75, 3.05) is 31.8 Å². The fraction of sp³-hybridized carbons (Fsp3) is 0.400. The van der Waals surface area contributed by atoms with E-state index < -0.39 is 12.7 Å². The molecule has 0 radical (unpaired) electrons. The number of anilines is 2. The van der Waals surface area contributed by atoms with E-state index in [1.807, 2.05) is 0 Å². The number of rotatable bonds is 4. The van der Waals surface area contributed by atoms with Gasteiger partial charge in [-0.15, -0.1) is 0 Å². The Kier molecular flexibility index (Phi) is 3.93. The Morgan fingerprint density at radius 1 is 1.18 bits per heavy atom. The zero-order valence-corrected chi connectivity index (χ0v) is 9.39. The Morgan fingerprint density at radius 2 is 1.71 bits per heavy atom. The van der Waals surface area contributed by atoms with Gasteiger partial charge in [-0.3, -0.25) is 0 Å². The molecular weight excluding hydrogens is 237 g/mol.